The minimum atomic E-state index is -1.19. The summed E-state index contributed by atoms with van der Waals surface area (Å²) in [5.41, 5.74) is 5.28. The van der Waals surface area contributed by atoms with Crippen LogP contribution in [-0.4, -0.2) is 53.3 Å². The topological polar surface area (TPSA) is 168 Å². The zero-order valence-corrected chi connectivity index (χ0v) is 16.7. The van der Waals surface area contributed by atoms with Crippen LogP contribution in [0.15, 0.2) is 0 Å². The first-order chi connectivity index (χ1) is 13.1. The van der Waals surface area contributed by atoms with Crippen molar-refractivity contribution in [1.29, 1.82) is 0 Å². The van der Waals surface area contributed by atoms with Gasteiger partial charge in [0.15, 0.2) is 0 Å². The third-order valence-corrected chi connectivity index (χ3v) is 4.12. The van der Waals surface area contributed by atoms with Gasteiger partial charge in [0.1, 0.15) is 12.1 Å². The standard InChI is InChI=1S/C18H32N4O6/c1-4-5-6-11(2)9-15(24)22-13(17(19)26)7-8-14(23)20-10-16(25)21-12(3)18(27)28/h11-13H,4-10H2,1-3H3,(H2,19,26)(H,20,23)(H,21,25)(H,22,24)(H,27,28)/t11-,12+,13+/m0/s1. The summed E-state index contributed by atoms with van der Waals surface area (Å²) in [6.45, 7) is 4.93. The van der Waals surface area contributed by atoms with Crippen LogP contribution in [0.3, 0.4) is 0 Å². The predicted molar refractivity (Wildman–Crippen MR) is 102 cm³/mol. The number of hydrogen-bond donors (Lipinski definition) is 5. The highest BCUT2D eigenvalue weighted by atomic mass is 16.4. The molecule has 4 amide bonds. The number of nitrogens with two attached hydrogens (primary N) is 1. The molecule has 10 nitrogen and oxygen atoms in total. The molecule has 0 aliphatic carbocycles. The van der Waals surface area contributed by atoms with E-state index in [1.54, 1.807) is 0 Å². The molecular formula is C18H32N4O6. The van der Waals surface area contributed by atoms with Gasteiger partial charge in [-0.2, -0.15) is 0 Å². The minimum Gasteiger partial charge on any atom is -0.480 e. The van der Waals surface area contributed by atoms with Crippen molar-refractivity contribution in [3.05, 3.63) is 0 Å². The van der Waals surface area contributed by atoms with Gasteiger partial charge in [0.05, 0.1) is 6.54 Å². The molecule has 0 saturated heterocycles. The average molecular weight is 400 g/mol. The van der Waals surface area contributed by atoms with Crippen LogP contribution in [0.5, 0.6) is 0 Å². The summed E-state index contributed by atoms with van der Waals surface area (Å²) in [6.07, 6.45) is 3.13. The second kappa shape index (κ2) is 13.5. The van der Waals surface area contributed by atoms with E-state index in [9.17, 15) is 24.0 Å². The lowest BCUT2D eigenvalue weighted by Crippen LogP contribution is -2.46. The zero-order chi connectivity index (χ0) is 21.7. The van der Waals surface area contributed by atoms with Crippen LogP contribution in [0.2, 0.25) is 0 Å². The van der Waals surface area contributed by atoms with Crippen molar-refractivity contribution >= 4 is 29.6 Å². The quantitative estimate of drug-likeness (QED) is 0.267. The number of aliphatic carboxylic acids is 1. The van der Waals surface area contributed by atoms with Gasteiger partial charge in [0, 0.05) is 12.8 Å². The van der Waals surface area contributed by atoms with Crippen LogP contribution in [0.4, 0.5) is 0 Å². The number of carboxylic acids is 1. The molecule has 0 aromatic carbocycles. The second-order valence-electron chi connectivity index (χ2n) is 6.92. The van der Waals surface area contributed by atoms with Gasteiger partial charge in [-0.05, 0) is 19.3 Å². The number of amides is 4. The number of nitrogens with one attached hydrogen (secondary N) is 3. The van der Waals surface area contributed by atoms with E-state index in [2.05, 4.69) is 22.9 Å². The van der Waals surface area contributed by atoms with Crippen LogP contribution < -0.4 is 21.7 Å². The molecule has 0 fully saturated rings. The number of hydrogen-bond acceptors (Lipinski definition) is 5. The molecule has 0 unspecified atom stereocenters. The molecule has 0 bridgehead atoms. The Hall–Kier alpha value is -2.65. The van der Waals surface area contributed by atoms with E-state index in [1.807, 2.05) is 6.92 Å². The molecule has 0 aromatic rings. The lowest BCUT2D eigenvalue weighted by Gasteiger charge is -2.17. The second-order valence-corrected chi connectivity index (χ2v) is 6.92. The van der Waals surface area contributed by atoms with E-state index in [1.165, 1.54) is 6.92 Å². The van der Waals surface area contributed by atoms with Gasteiger partial charge < -0.3 is 26.8 Å². The monoisotopic (exact) mass is 400 g/mol. The fraction of sp³-hybridized carbons (Fsp3) is 0.722. The summed E-state index contributed by atoms with van der Waals surface area (Å²) in [7, 11) is 0. The maximum Gasteiger partial charge on any atom is 0.325 e. The fourth-order valence-corrected chi connectivity index (χ4v) is 2.41. The third kappa shape index (κ3) is 11.9. The normalized spacial score (nSPS) is 13.7. The summed E-state index contributed by atoms with van der Waals surface area (Å²) >= 11 is 0. The van der Waals surface area contributed by atoms with Crippen LogP contribution in [0.1, 0.15) is 59.3 Å². The Morgan fingerprint density at radius 2 is 1.61 bits per heavy atom. The molecule has 0 rings (SSSR count). The predicted octanol–water partition coefficient (Wildman–Crippen LogP) is -0.341. The van der Waals surface area contributed by atoms with Crippen LogP contribution in [0.25, 0.3) is 0 Å². The first-order valence-corrected chi connectivity index (χ1v) is 9.44. The zero-order valence-electron chi connectivity index (χ0n) is 16.7. The summed E-state index contributed by atoms with van der Waals surface area (Å²) in [6, 6.07) is -2.05. The maximum atomic E-state index is 12.0. The Balaban J connectivity index is 4.31. The van der Waals surface area contributed by atoms with Crippen LogP contribution in [-0.2, 0) is 24.0 Å². The van der Waals surface area contributed by atoms with Crippen molar-refractivity contribution in [3.8, 4) is 0 Å². The molecule has 0 aliphatic heterocycles. The highest BCUT2D eigenvalue weighted by Crippen LogP contribution is 2.12. The molecule has 3 atom stereocenters. The number of rotatable bonds is 14. The molecular weight excluding hydrogens is 368 g/mol. The van der Waals surface area contributed by atoms with Gasteiger partial charge in [0.25, 0.3) is 0 Å². The highest BCUT2D eigenvalue weighted by molar-refractivity contribution is 5.89. The van der Waals surface area contributed by atoms with Crippen molar-refractivity contribution < 1.29 is 29.1 Å². The summed E-state index contributed by atoms with van der Waals surface area (Å²) in [5, 5.41) is 15.8. The van der Waals surface area contributed by atoms with E-state index in [0.29, 0.717) is 0 Å². The molecule has 10 heteroatoms. The van der Waals surface area contributed by atoms with E-state index in [-0.39, 0.29) is 37.6 Å². The Bertz CT molecular complexity index is 566. The highest BCUT2D eigenvalue weighted by Gasteiger charge is 2.21. The van der Waals surface area contributed by atoms with Gasteiger partial charge in [0.2, 0.25) is 23.6 Å². The summed E-state index contributed by atoms with van der Waals surface area (Å²) < 4.78 is 0. The number of primary amides is 1. The summed E-state index contributed by atoms with van der Waals surface area (Å²) in [5.74, 6) is -3.21. The smallest absolute Gasteiger partial charge is 0.325 e. The Morgan fingerprint density at radius 3 is 2.14 bits per heavy atom. The van der Waals surface area contributed by atoms with Gasteiger partial charge in [-0.3, -0.25) is 24.0 Å². The molecule has 0 heterocycles. The molecule has 6 N–H and O–H groups in total. The minimum absolute atomic E-state index is 0.00337. The average Bonchev–Trinajstić information content (AvgIpc) is 2.61. The van der Waals surface area contributed by atoms with Crippen LogP contribution in [0, 0.1) is 5.92 Å². The van der Waals surface area contributed by atoms with Gasteiger partial charge in [-0.15, -0.1) is 0 Å². The molecule has 0 saturated carbocycles. The van der Waals surface area contributed by atoms with Gasteiger partial charge in [-0.25, -0.2) is 0 Å². The van der Waals surface area contributed by atoms with E-state index in [4.69, 9.17) is 10.8 Å². The molecule has 0 radical (unpaired) electrons. The largest absolute Gasteiger partial charge is 0.480 e. The Kier molecular flexibility index (Phi) is 12.2. The fourth-order valence-electron chi connectivity index (χ4n) is 2.41. The molecule has 0 spiro atoms. The number of unbranched alkanes of at least 4 members (excludes halogenated alkanes) is 1. The van der Waals surface area contributed by atoms with Crippen molar-refractivity contribution in [2.24, 2.45) is 11.7 Å². The van der Waals surface area contributed by atoms with E-state index < -0.39 is 35.8 Å². The number of carboxylic acid groups (broad SMARTS) is 1. The number of carbonyl (C=O) groups excluding carboxylic acids is 4. The first-order valence-electron chi connectivity index (χ1n) is 9.44. The molecule has 0 aromatic heterocycles. The van der Waals surface area contributed by atoms with E-state index >= 15 is 0 Å². The molecule has 0 aliphatic rings. The summed E-state index contributed by atoms with van der Waals surface area (Å²) in [4.78, 5) is 57.5. The lowest BCUT2D eigenvalue weighted by molar-refractivity contribution is -0.141. The van der Waals surface area contributed by atoms with Crippen molar-refractivity contribution in [3.63, 3.8) is 0 Å². The maximum absolute atomic E-state index is 12.0. The lowest BCUT2D eigenvalue weighted by atomic mass is 10.00. The molecule has 28 heavy (non-hydrogen) atoms. The Morgan fingerprint density at radius 1 is 0.964 bits per heavy atom. The first kappa shape index (κ1) is 25.4. The van der Waals surface area contributed by atoms with Crippen molar-refractivity contribution in [1.82, 2.24) is 16.0 Å². The number of carbonyl (C=O) groups is 5. The van der Waals surface area contributed by atoms with E-state index in [0.717, 1.165) is 19.3 Å². The Labute approximate surface area is 165 Å². The van der Waals surface area contributed by atoms with Gasteiger partial charge >= 0.3 is 5.97 Å². The van der Waals surface area contributed by atoms with Gasteiger partial charge in [-0.1, -0.05) is 33.1 Å². The van der Waals surface area contributed by atoms with Crippen molar-refractivity contribution in [2.75, 3.05) is 6.54 Å². The SMILES string of the molecule is CCCC[C@H](C)CC(=O)N[C@H](CCC(=O)NCC(=O)N[C@H](C)C(=O)O)C(N)=O. The van der Waals surface area contributed by atoms with Crippen molar-refractivity contribution in [2.45, 2.75) is 71.4 Å². The third-order valence-electron chi connectivity index (χ3n) is 4.12. The van der Waals surface area contributed by atoms with Crippen LogP contribution >= 0.6 is 0 Å². The molecule has 160 valence electrons.